The van der Waals surface area contributed by atoms with Gasteiger partial charge in [-0.1, -0.05) is 42.8 Å². The quantitative estimate of drug-likeness (QED) is 0.164. The topological polar surface area (TPSA) is 151 Å². The molecule has 0 saturated carbocycles. The van der Waals surface area contributed by atoms with Crippen LogP contribution in [0.25, 0.3) is 11.0 Å². The van der Waals surface area contributed by atoms with Gasteiger partial charge in [-0.25, -0.2) is 0 Å². The second-order valence-electron chi connectivity index (χ2n) is 11.2. The first kappa shape index (κ1) is 29.9. The van der Waals surface area contributed by atoms with Gasteiger partial charge < -0.3 is 9.73 Å². The second-order valence-corrected chi connectivity index (χ2v) is 11.2. The molecule has 0 radical (unpaired) electrons. The van der Waals surface area contributed by atoms with Crippen molar-refractivity contribution in [2.45, 2.75) is 50.6 Å². The molecule has 11 nitrogen and oxygen atoms in total. The Morgan fingerprint density at radius 3 is 2.67 bits per heavy atom. The number of imide groups is 2. The number of hydrogen-bond donors (Lipinski definition) is 3. The van der Waals surface area contributed by atoms with Crippen molar-refractivity contribution in [1.82, 2.24) is 25.8 Å². The van der Waals surface area contributed by atoms with E-state index in [0.717, 1.165) is 46.3 Å². The molecule has 230 valence electrons. The Bertz CT molecular complexity index is 1730. The number of piperidine rings is 1. The molecule has 4 aromatic rings. The van der Waals surface area contributed by atoms with Crippen molar-refractivity contribution < 1.29 is 28.4 Å². The molecular formula is C34H33N5O6. The first-order chi connectivity index (χ1) is 21.9. The van der Waals surface area contributed by atoms with E-state index in [1.54, 1.807) is 24.5 Å². The minimum absolute atomic E-state index is 0.0790. The molecule has 0 spiro atoms. The van der Waals surface area contributed by atoms with Gasteiger partial charge in [0.25, 0.3) is 11.8 Å². The fraction of sp³-hybridized carbons (Fsp3) is 0.294. The fourth-order valence-corrected chi connectivity index (χ4v) is 5.97. The lowest BCUT2D eigenvalue weighted by Crippen LogP contribution is -2.54. The Hall–Kier alpha value is -5.16. The smallest absolute Gasteiger partial charge is 0.262 e. The summed E-state index contributed by atoms with van der Waals surface area (Å²) < 4.78 is 6.07. The predicted molar refractivity (Wildman–Crippen MR) is 164 cm³/mol. The summed E-state index contributed by atoms with van der Waals surface area (Å²) in [5.41, 5.74) is 3.03. The average molecular weight is 608 g/mol. The number of pyridine rings is 1. The number of amides is 5. The summed E-state index contributed by atoms with van der Waals surface area (Å²) in [5.74, 6) is -1.47. The first-order valence-electron chi connectivity index (χ1n) is 15.1. The molecule has 3 N–H and O–H groups in total. The van der Waals surface area contributed by atoms with E-state index in [1.807, 2.05) is 48.5 Å². The number of aryl methyl sites for hydroxylation is 1. The van der Waals surface area contributed by atoms with Crippen LogP contribution in [-0.2, 0) is 20.8 Å². The van der Waals surface area contributed by atoms with Crippen molar-refractivity contribution in [3.05, 3.63) is 101 Å². The van der Waals surface area contributed by atoms with Gasteiger partial charge in [-0.15, -0.1) is 0 Å². The minimum atomic E-state index is -0.987. The lowest BCUT2D eigenvalue weighted by Gasteiger charge is -2.27. The van der Waals surface area contributed by atoms with Gasteiger partial charge in [0, 0.05) is 30.7 Å². The molecule has 2 aromatic heterocycles. The van der Waals surface area contributed by atoms with E-state index in [2.05, 4.69) is 20.9 Å². The lowest BCUT2D eigenvalue weighted by atomic mass is 9.98. The van der Waals surface area contributed by atoms with Crippen molar-refractivity contribution in [3.63, 3.8) is 0 Å². The third kappa shape index (κ3) is 6.39. The third-order valence-electron chi connectivity index (χ3n) is 8.21. The zero-order valence-electron chi connectivity index (χ0n) is 24.6. The van der Waals surface area contributed by atoms with Crippen LogP contribution in [0.3, 0.4) is 0 Å². The summed E-state index contributed by atoms with van der Waals surface area (Å²) in [5, 5.41) is 9.46. The highest BCUT2D eigenvalue weighted by Gasteiger charge is 2.45. The summed E-state index contributed by atoms with van der Waals surface area (Å²) in [6.07, 6.45) is 6.52. The molecule has 11 heteroatoms. The number of carbonyl (C=O) groups excluding carboxylic acids is 5. The Balaban J connectivity index is 0.980. The van der Waals surface area contributed by atoms with E-state index in [9.17, 15) is 24.0 Å². The minimum Gasteiger partial charge on any atom is -0.459 e. The summed E-state index contributed by atoms with van der Waals surface area (Å²) in [7, 11) is 0. The Morgan fingerprint density at radius 1 is 1.00 bits per heavy atom. The molecule has 2 atom stereocenters. The van der Waals surface area contributed by atoms with E-state index in [4.69, 9.17) is 4.42 Å². The van der Waals surface area contributed by atoms with Gasteiger partial charge in [0.1, 0.15) is 17.4 Å². The van der Waals surface area contributed by atoms with E-state index in [0.29, 0.717) is 24.3 Å². The summed E-state index contributed by atoms with van der Waals surface area (Å²) in [6, 6.07) is 17.3. The van der Waals surface area contributed by atoms with Crippen LogP contribution in [0, 0.1) is 0 Å². The van der Waals surface area contributed by atoms with Crippen molar-refractivity contribution >= 4 is 40.5 Å². The van der Waals surface area contributed by atoms with Crippen LogP contribution in [0.15, 0.2) is 77.5 Å². The van der Waals surface area contributed by atoms with Crippen molar-refractivity contribution in [3.8, 4) is 0 Å². The molecule has 1 saturated heterocycles. The number of unbranched alkanes of at least 4 members (excludes halogenated alkanes) is 2. The van der Waals surface area contributed by atoms with E-state index >= 15 is 0 Å². The number of nitrogens with zero attached hydrogens (tertiary/aromatic N) is 2. The monoisotopic (exact) mass is 607 g/mol. The van der Waals surface area contributed by atoms with Crippen molar-refractivity contribution in [2.75, 3.05) is 13.1 Å². The maximum absolute atomic E-state index is 13.3. The van der Waals surface area contributed by atoms with Gasteiger partial charge in [-0.2, -0.15) is 0 Å². The zero-order chi connectivity index (χ0) is 31.3. The molecule has 45 heavy (non-hydrogen) atoms. The molecule has 2 aliphatic rings. The summed E-state index contributed by atoms with van der Waals surface area (Å²) in [6.45, 7) is 0.586. The van der Waals surface area contributed by atoms with Gasteiger partial charge in [-0.05, 0) is 61.1 Å². The molecule has 5 amide bonds. The van der Waals surface area contributed by atoms with Crippen LogP contribution in [0.4, 0.5) is 0 Å². The van der Waals surface area contributed by atoms with Gasteiger partial charge in [-0.3, -0.25) is 44.5 Å². The van der Waals surface area contributed by atoms with Crippen LogP contribution in [0.1, 0.15) is 75.7 Å². The number of rotatable bonds is 12. The highest BCUT2D eigenvalue weighted by Crippen LogP contribution is 2.31. The number of nitrogens with one attached hydrogen (secondary N) is 3. The lowest BCUT2D eigenvalue weighted by molar-refractivity contribution is -0.136. The van der Waals surface area contributed by atoms with Crippen molar-refractivity contribution in [1.29, 1.82) is 0 Å². The highest BCUT2D eigenvalue weighted by atomic mass is 16.3. The summed E-state index contributed by atoms with van der Waals surface area (Å²) in [4.78, 5) is 68.1. The van der Waals surface area contributed by atoms with Gasteiger partial charge >= 0.3 is 0 Å². The molecule has 4 heterocycles. The molecule has 1 fully saturated rings. The number of carbonyl (C=O) groups is 5. The standard InChI is InChI=1S/C34H33N5O6/c40-28-15-14-25(32(42)38-28)39-33(43)24-12-6-10-21(30(24)34(39)44)8-2-1-5-17-36-29(41)20-37-31(23-11-7-16-35-19-23)27-18-22-9-3-4-13-26(22)45-27/h3-4,6-7,9-13,16,18-19,25,31,37H,1-2,5,8,14-15,17,20H2,(H,36,41)(H,38,40,42). The molecule has 2 aliphatic heterocycles. The average Bonchev–Trinajstić information content (AvgIpc) is 3.58. The van der Waals surface area contributed by atoms with Crippen LogP contribution >= 0.6 is 0 Å². The van der Waals surface area contributed by atoms with Crippen LogP contribution in [0.5, 0.6) is 0 Å². The zero-order valence-corrected chi connectivity index (χ0v) is 24.6. The number of furan rings is 1. The number of hydrogen-bond acceptors (Lipinski definition) is 8. The van der Waals surface area contributed by atoms with Gasteiger partial charge in [0.2, 0.25) is 17.7 Å². The van der Waals surface area contributed by atoms with Gasteiger partial charge in [0.05, 0.1) is 23.7 Å². The Kier molecular flexibility index (Phi) is 8.79. The maximum Gasteiger partial charge on any atom is 0.262 e. The molecule has 0 bridgehead atoms. The van der Waals surface area contributed by atoms with E-state index in [1.165, 1.54) is 0 Å². The largest absolute Gasteiger partial charge is 0.459 e. The fourth-order valence-electron chi connectivity index (χ4n) is 5.97. The number of benzene rings is 2. The van der Waals surface area contributed by atoms with Crippen LogP contribution in [0.2, 0.25) is 0 Å². The Labute approximate surface area is 259 Å². The summed E-state index contributed by atoms with van der Waals surface area (Å²) >= 11 is 0. The predicted octanol–water partition coefficient (Wildman–Crippen LogP) is 3.44. The van der Waals surface area contributed by atoms with Crippen LogP contribution < -0.4 is 16.0 Å². The van der Waals surface area contributed by atoms with E-state index < -0.39 is 29.7 Å². The van der Waals surface area contributed by atoms with Gasteiger partial charge in [0.15, 0.2) is 0 Å². The SMILES string of the molecule is O=C(CNC(c1cccnc1)c1cc2ccccc2o1)NCCCCCc1cccc2c1C(=O)N(C1CCC(=O)NC1=O)C2=O. The second kappa shape index (κ2) is 13.2. The van der Waals surface area contributed by atoms with Crippen molar-refractivity contribution in [2.24, 2.45) is 0 Å². The molecular weight excluding hydrogens is 574 g/mol. The number of para-hydroxylation sites is 1. The Morgan fingerprint density at radius 2 is 1.87 bits per heavy atom. The molecule has 6 rings (SSSR count). The normalized spacial score (nSPS) is 17.0. The first-order valence-corrected chi connectivity index (χ1v) is 15.1. The molecule has 2 aromatic carbocycles. The number of aromatic nitrogens is 1. The third-order valence-corrected chi connectivity index (χ3v) is 8.21. The molecule has 0 aliphatic carbocycles. The van der Waals surface area contributed by atoms with E-state index in [-0.39, 0.29) is 36.9 Å². The highest BCUT2D eigenvalue weighted by molar-refractivity contribution is 6.24. The number of fused-ring (bicyclic) bond motifs is 2. The maximum atomic E-state index is 13.3. The molecule has 2 unspecified atom stereocenters. The van der Waals surface area contributed by atoms with Crippen LogP contribution in [-0.4, -0.2) is 58.6 Å².